The van der Waals surface area contributed by atoms with Gasteiger partial charge in [0, 0.05) is 23.9 Å². The summed E-state index contributed by atoms with van der Waals surface area (Å²) in [4.78, 5) is 19.5. The topological polar surface area (TPSA) is 95.6 Å². The van der Waals surface area contributed by atoms with E-state index >= 15 is 0 Å². The summed E-state index contributed by atoms with van der Waals surface area (Å²) in [5, 5.41) is 7.55. The Labute approximate surface area is 212 Å². The first kappa shape index (κ1) is 22.8. The van der Waals surface area contributed by atoms with Gasteiger partial charge in [0.15, 0.2) is 11.5 Å². The van der Waals surface area contributed by atoms with Crippen molar-refractivity contribution in [1.29, 1.82) is 0 Å². The largest absolute Gasteiger partial charge is 0.491 e. The standard InChI is InChI=1S/C28H24FN7O/c1-36(2)11-12-37-20-14-18(15-30-16-20)22-9-10-24-26(31-22)27(35-34-24)28-32-23-8-4-7-21(25(23)33-28)17-5-3-6-19(29)13-17/h3-10,13-16H,11-12H2,1-2H3,(H,32,33)(H,34,35). The smallest absolute Gasteiger partial charge is 0.161 e. The number of rotatable bonds is 7. The summed E-state index contributed by atoms with van der Waals surface area (Å²) in [6.07, 6.45) is 3.46. The maximum Gasteiger partial charge on any atom is 0.161 e. The molecule has 4 heterocycles. The number of nitrogens with zero attached hydrogens (tertiary/aromatic N) is 5. The molecule has 0 saturated heterocycles. The maximum atomic E-state index is 13.9. The molecule has 184 valence electrons. The predicted molar refractivity (Wildman–Crippen MR) is 142 cm³/mol. The Balaban J connectivity index is 1.38. The number of ether oxygens (including phenoxy) is 1. The Bertz CT molecular complexity index is 1720. The van der Waals surface area contributed by atoms with Gasteiger partial charge in [-0.2, -0.15) is 5.10 Å². The molecule has 2 aromatic carbocycles. The van der Waals surface area contributed by atoms with Gasteiger partial charge in [-0.3, -0.25) is 10.1 Å². The van der Waals surface area contributed by atoms with E-state index in [9.17, 15) is 4.39 Å². The molecule has 6 rings (SSSR count). The van der Waals surface area contributed by atoms with Crippen molar-refractivity contribution in [2.75, 3.05) is 27.2 Å². The minimum atomic E-state index is -0.290. The molecule has 6 aromatic rings. The van der Waals surface area contributed by atoms with Crippen molar-refractivity contribution in [1.82, 2.24) is 35.0 Å². The lowest BCUT2D eigenvalue weighted by Gasteiger charge is -2.11. The van der Waals surface area contributed by atoms with Crippen LogP contribution in [-0.4, -0.2) is 62.3 Å². The fourth-order valence-corrected chi connectivity index (χ4v) is 4.24. The van der Waals surface area contributed by atoms with Crippen LogP contribution in [-0.2, 0) is 0 Å². The number of nitrogens with one attached hydrogen (secondary N) is 2. The van der Waals surface area contributed by atoms with Gasteiger partial charge in [-0.15, -0.1) is 0 Å². The molecule has 0 aliphatic heterocycles. The van der Waals surface area contributed by atoms with Gasteiger partial charge in [-0.25, -0.2) is 14.4 Å². The SMILES string of the molecule is CN(C)CCOc1cncc(-c2ccc3[nH]nc(-c4nc5c(-c6cccc(F)c6)cccc5[nH]4)c3n2)c1. The van der Waals surface area contributed by atoms with E-state index in [0.717, 1.165) is 45.5 Å². The molecule has 0 aliphatic rings. The van der Waals surface area contributed by atoms with E-state index in [2.05, 4.69) is 25.1 Å². The van der Waals surface area contributed by atoms with E-state index in [-0.39, 0.29) is 5.82 Å². The lowest BCUT2D eigenvalue weighted by Crippen LogP contribution is -2.19. The average Bonchev–Trinajstić information content (AvgIpc) is 3.52. The maximum absolute atomic E-state index is 13.9. The number of para-hydroxylation sites is 1. The number of aromatic nitrogens is 6. The van der Waals surface area contributed by atoms with Gasteiger partial charge in [-0.1, -0.05) is 24.3 Å². The molecule has 9 heteroatoms. The molecule has 37 heavy (non-hydrogen) atoms. The zero-order valence-electron chi connectivity index (χ0n) is 20.4. The molecule has 0 amide bonds. The van der Waals surface area contributed by atoms with Crippen molar-refractivity contribution in [3.8, 4) is 39.7 Å². The molecular formula is C28H24FN7O. The zero-order chi connectivity index (χ0) is 25.4. The van der Waals surface area contributed by atoms with Crippen LogP contribution in [0.2, 0.25) is 0 Å². The third-order valence-corrected chi connectivity index (χ3v) is 6.10. The number of benzene rings is 2. The molecule has 0 bridgehead atoms. The molecule has 4 aromatic heterocycles. The number of likely N-dealkylation sites (N-methyl/N-ethyl adjacent to an activating group) is 1. The first-order valence-electron chi connectivity index (χ1n) is 11.9. The number of aromatic amines is 2. The van der Waals surface area contributed by atoms with Crippen molar-refractivity contribution >= 4 is 22.1 Å². The van der Waals surface area contributed by atoms with Gasteiger partial charge in [0.05, 0.1) is 28.4 Å². The number of hydrogen-bond acceptors (Lipinski definition) is 6. The number of H-pyrrole nitrogens is 2. The van der Waals surface area contributed by atoms with Crippen LogP contribution in [0, 0.1) is 5.82 Å². The van der Waals surface area contributed by atoms with E-state index in [0.29, 0.717) is 29.4 Å². The second kappa shape index (κ2) is 9.44. The first-order valence-corrected chi connectivity index (χ1v) is 11.9. The lowest BCUT2D eigenvalue weighted by atomic mass is 10.0. The highest BCUT2D eigenvalue weighted by atomic mass is 19.1. The Kier molecular flexibility index (Phi) is 5.82. The van der Waals surface area contributed by atoms with Crippen LogP contribution in [0.5, 0.6) is 5.75 Å². The first-order chi connectivity index (χ1) is 18.0. The highest BCUT2D eigenvalue weighted by Crippen LogP contribution is 2.32. The molecule has 0 saturated carbocycles. The van der Waals surface area contributed by atoms with Gasteiger partial charge in [0.2, 0.25) is 0 Å². The van der Waals surface area contributed by atoms with Crippen molar-refractivity contribution in [3.63, 3.8) is 0 Å². The van der Waals surface area contributed by atoms with Crippen LogP contribution >= 0.6 is 0 Å². The average molecular weight is 494 g/mol. The zero-order valence-corrected chi connectivity index (χ0v) is 20.4. The van der Waals surface area contributed by atoms with Crippen LogP contribution < -0.4 is 4.74 Å². The van der Waals surface area contributed by atoms with Gasteiger partial charge in [-0.05, 0) is 56.1 Å². The van der Waals surface area contributed by atoms with E-state index in [1.54, 1.807) is 18.5 Å². The summed E-state index contributed by atoms with van der Waals surface area (Å²) in [6.45, 7) is 1.38. The molecule has 0 aliphatic carbocycles. The molecule has 0 atom stereocenters. The molecule has 0 spiro atoms. The summed E-state index contributed by atoms with van der Waals surface area (Å²) < 4.78 is 19.7. The molecular weight excluding hydrogens is 469 g/mol. The van der Waals surface area contributed by atoms with E-state index in [4.69, 9.17) is 14.7 Å². The predicted octanol–water partition coefficient (Wildman–Crippen LogP) is 5.31. The molecule has 2 N–H and O–H groups in total. The van der Waals surface area contributed by atoms with Crippen molar-refractivity contribution in [2.24, 2.45) is 0 Å². The van der Waals surface area contributed by atoms with Crippen LogP contribution in [0.1, 0.15) is 0 Å². The van der Waals surface area contributed by atoms with E-state index in [1.807, 2.05) is 56.6 Å². The van der Waals surface area contributed by atoms with Crippen LogP contribution in [0.25, 0.3) is 56.0 Å². The van der Waals surface area contributed by atoms with E-state index in [1.165, 1.54) is 12.1 Å². The third-order valence-electron chi connectivity index (χ3n) is 6.10. The summed E-state index contributed by atoms with van der Waals surface area (Å²) in [5.41, 5.74) is 6.83. The van der Waals surface area contributed by atoms with Crippen LogP contribution in [0.15, 0.2) is 73.1 Å². The second-order valence-corrected chi connectivity index (χ2v) is 9.02. The van der Waals surface area contributed by atoms with Crippen molar-refractivity contribution < 1.29 is 9.13 Å². The molecule has 0 radical (unpaired) electrons. The van der Waals surface area contributed by atoms with Crippen molar-refractivity contribution in [3.05, 3.63) is 78.9 Å². The number of imidazole rings is 1. The monoisotopic (exact) mass is 493 g/mol. The summed E-state index contributed by atoms with van der Waals surface area (Å²) in [7, 11) is 4.01. The number of halogens is 1. The Hall–Kier alpha value is -4.63. The van der Waals surface area contributed by atoms with Gasteiger partial charge in [0.25, 0.3) is 0 Å². The number of fused-ring (bicyclic) bond motifs is 2. The second-order valence-electron chi connectivity index (χ2n) is 9.02. The van der Waals surface area contributed by atoms with Gasteiger partial charge >= 0.3 is 0 Å². The van der Waals surface area contributed by atoms with E-state index < -0.39 is 0 Å². The van der Waals surface area contributed by atoms with Crippen molar-refractivity contribution in [2.45, 2.75) is 0 Å². The highest BCUT2D eigenvalue weighted by molar-refractivity contribution is 5.96. The molecule has 0 fully saturated rings. The number of pyridine rings is 2. The minimum Gasteiger partial charge on any atom is -0.491 e. The molecule has 0 unspecified atom stereocenters. The highest BCUT2D eigenvalue weighted by Gasteiger charge is 2.17. The Morgan fingerprint density at radius 1 is 0.892 bits per heavy atom. The fourth-order valence-electron chi connectivity index (χ4n) is 4.24. The minimum absolute atomic E-state index is 0.290. The van der Waals surface area contributed by atoms with Gasteiger partial charge < -0.3 is 14.6 Å². The normalized spacial score (nSPS) is 11.6. The third kappa shape index (κ3) is 4.52. The number of hydrogen-bond donors (Lipinski definition) is 2. The Morgan fingerprint density at radius 2 is 1.78 bits per heavy atom. The quantitative estimate of drug-likeness (QED) is 0.313. The lowest BCUT2D eigenvalue weighted by molar-refractivity contribution is 0.261. The van der Waals surface area contributed by atoms with Crippen LogP contribution in [0.3, 0.4) is 0 Å². The summed E-state index contributed by atoms with van der Waals surface area (Å²) in [6, 6.07) is 18.1. The molecule has 8 nitrogen and oxygen atoms in total. The van der Waals surface area contributed by atoms with Gasteiger partial charge in [0.1, 0.15) is 23.7 Å². The fraction of sp³-hybridized carbons (Fsp3) is 0.143. The summed E-state index contributed by atoms with van der Waals surface area (Å²) in [5.74, 6) is 0.978. The summed E-state index contributed by atoms with van der Waals surface area (Å²) >= 11 is 0. The van der Waals surface area contributed by atoms with Crippen LogP contribution in [0.4, 0.5) is 4.39 Å². The Morgan fingerprint density at radius 3 is 2.65 bits per heavy atom.